The minimum atomic E-state index is -0.229. The molecular weight excluding hydrogens is 243 g/mol. The van der Waals surface area contributed by atoms with E-state index in [4.69, 9.17) is 5.84 Å². The number of pyridine rings is 1. The minimum Gasteiger partial charge on any atom is -0.366 e. The van der Waals surface area contributed by atoms with Crippen molar-refractivity contribution in [1.29, 1.82) is 0 Å². The van der Waals surface area contributed by atoms with Crippen LogP contribution in [0.4, 0.5) is 15.9 Å². The van der Waals surface area contributed by atoms with Crippen molar-refractivity contribution >= 4 is 11.5 Å². The lowest BCUT2D eigenvalue weighted by molar-refractivity contribution is 0.627. The molecule has 0 radical (unpaired) electrons. The molecule has 0 aliphatic carbocycles. The zero-order valence-electron chi connectivity index (χ0n) is 10.8. The molecule has 2 aromatic rings. The molecule has 1 heterocycles. The zero-order chi connectivity index (χ0) is 13.7. The Morgan fingerprint density at radius 3 is 2.58 bits per heavy atom. The number of nitrogens with zero attached hydrogens (tertiary/aromatic N) is 2. The molecule has 2 rings (SSSR count). The third-order valence-corrected chi connectivity index (χ3v) is 2.88. The number of nitrogens with one attached hydrogen (secondary N) is 1. The first kappa shape index (κ1) is 13.3. The highest BCUT2D eigenvalue weighted by atomic mass is 19.1. The summed E-state index contributed by atoms with van der Waals surface area (Å²) in [6, 6.07) is 12.1. The molecule has 0 atom stereocenters. The van der Waals surface area contributed by atoms with Gasteiger partial charge >= 0.3 is 0 Å². The number of rotatable bonds is 5. The van der Waals surface area contributed by atoms with E-state index < -0.39 is 0 Å². The number of hydrazine groups is 1. The molecule has 0 unspecified atom stereocenters. The molecule has 19 heavy (non-hydrogen) atoms. The first-order valence-electron chi connectivity index (χ1n) is 6.16. The highest BCUT2D eigenvalue weighted by Gasteiger charge is 2.06. The molecule has 0 bridgehead atoms. The maximum atomic E-state index is 12.9. The van der Waals surface area contributed by atoms with Gasteiger partial charge in [-0.15, -0.1) is 0 Å². The molecule has 3 N–H and O–H groups in total. The summed E-state index contributed by atoms with van der Waals surface area (Å²) in [5.41, 5.74) is 4.40. The first-order chi connectivity index (χ1) is 9.22. The highest BCUT2D eigenvalue weighted by molar-refractivity contribution is 5.46. The Morgan fingerprint density at radius 1 is 1.21 bits per heavy atom. The summed E-state index contributed by atoms with van der Waals surface area (Å²) in [7, 11) is 0. The summed E-state index contributed by atoms with van der Waals surface area (Å²) >= 11 is 0. The van der Waals surface area contributed by atoms with Gasteiger partial charge in [-0.1, -0.05) is 6.07 Å². The van der Waals surface area contributed by atoms with Crippen LogP contribution in [-0.4, -0.2) is 11.5 Å². The van der Waals surface area contributed by atoms with Gasteiger partial charge in [0.15, 0.2) is 0 Å². The number of benzene rings is 1. The van der Waals surface area contributed by atoms with Crippen molar-refractivity contribution in [2.45, 2.75) is 13.5 Å². The summed E-state index contributed by atoms with van der Waals surface area (Å²) in [4.78, 5) is 6.48. The van der Waals surface area contributed by atoms with E-state index in [2.05, 4.69) is 15.3 Å². The van der Waals surface area contributed by atoms with Gasteiger partial charge in [0.25, 0.3) is 0 Å². The molecule has 0 aliphatic heterocycles. The van der Waals surface area contributed by atoms with Crippen LogP contribution in [0, 0.1) is 5.82 Å². The Hall–Kier alpha value is -2.14. The largest absolute Gasteiger partial charge is 0.366 e. The molecule has 100 valence electrons. The van der Waals surface area contributed by atoms with Crippen molar-refractivity contribution in [2.75, 3.05) is 16.9 Å². The fourth-order valence-electron chi connectivity index (χ4n) is 1.88. The number of aromatic nitrogens is 1. The van der Waals surface area contributed by atoms with Gasteiger partial charge in [0.1, 0.15) is 11.6 Å². The lowest BCUT2D eigenvalue weighted by Gasteiger charge is -2.22. The third-order valence-electron chi connectivity index (χ3n) is 2.88. The summed E-state index contributed by atoms with van der Waals surface area (Å²) in [5, 5.41) is 0. The van der Waals surface area contributed by atoms with E-state index in [0.29, 0.717) is 12.4 Å². The van der Waals surface area contributed by atoms with Crippen LogP contribution in [0.15, 0.2) is 42.5 Å². The second-order valence-electron chi connectivity index (χ2n) is 4.15. The Labute approximate surface area is 112 Å². The fourth-order valence-corrected chi connectivity index (χ4v) is 1.88. The zero-order valence-corrected chi connectivity index (χ0v) is 10.8. The third kappa shape index (κ3) is 3.42. The Kier molecular flexibility index (Phi) is 4.30. The van der Waals surface area contributed by atoms with E-state index in [9.17, 15) is 4.39 Å². The number of hydrogen-bond donors (Lipinski definition) is 2. The monoisotopic (exact) mass is 260 g/mol. The van der Waals surface area contributed by atoms with Crippen LogP contribution < -0.4 is 16.2 Å². The normalized spacial score (nSPS) is 10.3. The molecule has 0 amide bonds. The summed E-state index contributed by atoms with van der Waals surface area (Å²) < 4.78 is 12.9. The van der Waals surface area contributed by atoms with Gasteiger partial charge in [-0.2, -0.15) is 0 Å². The lowest BCUT2D eigenvalue weighted by Crippen LogP contribution is -2.23. The van der Waals surface area contributed by atoms with Gasteiger partial charge in [0.2, 0.25) is 0 Å². The number of halogens is 1. The molecule has 0 saturated carbocycles. The van der Waals surface area contributed by atoms with E-state index in [1.807, 2.05) is 19.1 Å². The van der Waals surface area contributed by atoms with E-state index in [0.717, 1.165) is 17.9 Å². The van der Waals surface area contributed by atoms with Gasteiger partial charge < -0.3 is 10.3 Å². The van der Waals surface area contributed by atoms with Crippen LogP contribution in [0.2, 0.25) is 0 Å². The van der Waals surface area contributed by atoms with E-state index in [-0.39, 0.29) is 5.82 Å². The van der Waals surface area contributed by atoms with Gasteiger partial charge in [0, 0.05) is 12.2 Å². The predicted octanol–water partition coefficient (Wildman–Crippen LogP) is 2.53. The van der Waals surface area contributed by atoms with Crippen LogP contribution in [0.25, 0.3) is 0 Å². The van der Waals surface area contributed by atoms with Crippen molar-refractivity contribution in [3.8, 4) is 0 Å². The van der Waals surface area contributed by atoms with Crippen LogP contribution in [0.3, 0.4) is 0 Å². The second kappa shape index (κ2) is 6.15. The molecule has 0 spiro atoms. The standard InChI is InChI=1S/C14H17FN4/c1-2-19(13-8-6-11(15)7-9-13)10-12-4-3-5-14(17-12)18-16/h3-9H,2,10,16H2,1H3,(H,17,18). The molecule has 0 aliphatic rings. The average molecular weight is 260 g/mol. The van der Waals surface area contributed by atoms with Crippen molar-refractivity contribution in [3.63, 3.8) is 0 Å². The quantitative estimate of drug-likeness (QED) is 0.640. The number of nitrogen functional groups attached to an aromatic ring is 1. The van der Waals surface area contributed by atoms with Crippen LogP contribution >= 0.6 is 0 Å². The van der Waals surface area contributed by atoms with Gasteiger partial charge in [-0.25, -0.2) is 15.2 Å². The predicted molar refractivity (Wildman–Crippen MR) is 75.2 cm³/mol. The van der Waals surface area contributed by atoms with Gasteiger partial charge in [-0.3, -0.25) is 0 Å². The summed E-state index contributed by atoms with van der Waals surface area (Å²) in [5.74, 6) is 5.74. The van der Waals surface area contributed by atoms with Crippen LogP contribution in [0.1, 0.15) is 12.6 Å². The molecule has 0 fully saturated rings. The summed E-state index contributed by atoms with van der Waals surface area (Å²) in [6.07, 6.45) is 0. The van der Waals surface area contributed by atoms with E-state index in [1.54, 1.807) is 18.2 Å². The molecular formula is C14H17FN4. The maximum Gasteiger partial charge on any atom is 0.140 e. The van der Waals surface area contributed by atoms with Crippen LogP contribution in [-0.2, 0) is 6.54 Å². The SMILES string of the molecule is CCN(Cc1cccc(NN)n1)c1ccc(F)cc1. The lowest BCUT2D eigenvalue weighted by atomic mass is 10.2. The smallest absolute Gasteiger partial charge is 0.140 e. The fraction of sp³-hybridized carbons (Fsp3) is 0.214. The van der Waals surface area contributed by atoms with E-state index in [1.165, 1.54) is 12.1 Å². The Morgan fingerprint density at radius 2 is 1.95 bits per heavy atom. The first-order valence-corrected chi connectivity index (χ1v) is 6.16. The van der Waals surface area contributed by atoms with Crippen molar-refractivity contribution in [2.24, 2.45) is 5.84 Å². The number of nitrogens with two attached hydrogens (primary N) is 1. The summed E-state index contributed by atoms with van der Waals surface area (Å²) in [6.45, 7) is 3.51. The van der Waals surface area contributed by atoms with E-state index >= 15 is 0 Å². The molecule has 5 heteroatoms. The van der Waals surface area contributed by atoms with Gasteiger partial charge in [0.05, 0.1) is 12.2 Å². The Bertz CT molecular complexity index is 527. The Balaban J connectivity index is 2.16. The highest BCUT2D eigenvalue weighted by Crippen LogP contribution is 2.17. The van der Waals surface area contributed by atoms with Crippen molar-refractivity contribution in [1.82, 2.24) is 4.98 Å². The average Bonchev–Trinajstić information content (AvgIpc) is 2.46. The molecule has 0 saturated heterocycles. The van der Waals surface area contributed by atoms with Crippen molar-refractivity contribution < 1.29 is 4.39 Å². The maximum absolute atomic E-state index is 12.9. The van der Waals surface area contributed by atoms with Gasteiger partial charge in [-0.05, 0) is 43.3 Å². The number of anilines is 2. The van der Waals surface area contributed by atoms with Crippen LogP contribution in [0.5, 0.6) is 0 Å². The second-order valence-corrected chi connectivity index (χ2v) is 4.15. The molecule has 1 aromatic heterocycles. The molecule has 4 nitrogen and oxygen atoms in total. The molecule has 1 aromatic carbocycles. The van der Waals surface area contributed by atoms with Crippen molar-refractivity contribution in [3.05, 3.63) is 54.0 Å². The minimum absolute atomic E-state index is 0.229. The topological polar surface area (TPSA) is 54.2 Å². The number of hydrogen-bond acceptors (Lipinski definition) is 4.